The molecule has 6 nitrogen and oxygen atoms in total. The number of nitrogens with one attached hydrogen (secondary N) is 1. The largest absolute Gasteiger partial charge is 0.496 e. The molecule has 0 aliphatic carbocycles. The van der Waals surface area contributed by atoms with Crippen molar-refractivity contribution in [3.8, 4) is 16.9 Å². The maximum Gasteiger partial charge on any atom is 0.198 e. The van der Waals surface area contributed by atoms with Gasteiger partial charge in [-0.15, -0.1) is 0 Å². The first-order valence-corrected chi connectivity index (χ1v) is 7.46. The fourth-order valence-corrected chi connectivity index (χ4v) is 3.44. The Kier molecular flexibility index (Phi) is 2.70. The predicted octanol–water partition coefficient (Wildman–Crippen LogP) is 3.01. The lowest BCUT2D eigenvalue weighted by molar-refractivity contribution is 0.416. The number of anilines is 2. The Labute approximate surface area is 129 Å². The van der Waals surface area contributed by atoms with Crippen molar-refractivity contribution in [3.05, 3.63) is 30.3 Å². The van der Waals surface area contributed by atoms with Gasteiger partial charge in [0.15, 0.2) is 11.1 Å². The number of aromatic amines is 1. The Bertz CT molecular complexity index is 1000. The third-order valence-electron chi connectivity index (χ3n) is 3.56. The monoisotopic (exact) mass is 311 g/mol. The Balaban J connectivity index is 2.15. The minimum absolute atomic E-state index is 0.352. The predicted molar refractivity (Wildman–Crippen MR) is 90.1 cm³/mol. The summed E-state index contributed by atoms with van der Waals surface area (Å²) in [6.07, 6.45) is 0. The molecule has 0 unspecified atom stereocenters. The van der Waals surface area contributed by atoms with Crippen LogP contribution in [0.4, 0.5) is 11.1 Å². The van der Waals surface area contributed by atoms with Crippen molar-refractivity contribution in [3.63, 3.8) is 0 Å². The summed E-state index contributed by atoms with van der Waals surface area (Å²) < 4.78 is 6.44. The lowest BCUT2D eigenvalue weighted by Crippen LogP contribution is -1.89. The standard InChI is InChI=1S/C15H13N5OS/c1-21-9-5-3-2-4-7(9)8-6-10-12(20-15(17)22-10)13-11(8)18-14(16)19-13/h2-6H,1H3,(H2,17,20)(H3,16,18,19). The van der Waals surface area contributed by atoms with Crippen molar-refractivity contribution in [1.29, 1.82) is 0 Å². The first-order valence-electron chi connectivity index (χ1n) is 6.65. The number of H-pyrrole nitrogens is 1. The fourth-order valence-electron chi connectivity index (χ4n) is 2.66. The minimum atomic E-state index is 0.352. The highest BCUT2D eigenvalue weighted by atomic mass is 32.1. The van der Waals surface area contributed by atoms with Gasteiger partial charge in [-0.05, 0) is 12.1 Å². The Morgan fingerprint density at radius 3 is 2.73 bits per heavy atom. The van der Waals surface area contributed by atoms with Gasteiger partial charge in [-0.2, -0.15) is 0 Å². The number of hydrogen-bond donors (Lipinski definition) is 3. The first-order chi connectivity index (χ1) is 10.7. The zero-order valence-corrected chi connectivity index (χ0v) is 12.6. The van der Waals surface area contributed by atoms with E-state index in [1.165, 1.54) is 11.3 Å². The van der Waals surface area contributed by atoms with Gasteiger partial charge < -0.3 is 21.2 Å². The Hall–Kier alpha value is -2.80. The molecule has 0 saturated carbocycles. The first kappa shape index (κ1) is 12.9. The van der Waals surface area contributed by atoms with Crippen LogP contribution in [0.3, 0.4) is 0 Å². The number of imidazole rings is 1. The smallest absolute Gasteiger partial charge is 0.198 e. The quantitative estimate of drug-likeness (QED) is 0.528. The van der Waals surface area contributed by atoms with Crippen LogP contribution in [-0.2, 0) is 0 Å². The van der Waals surface area contributed by atoms with Crippen LogP contribution >= 0.6 is 11.3 Å². The molecule has 7 heteroatoms. The van der Waals surface area contributed by atoms with Crippen molar-refractivity contribution < 1.29 is 4.74 Å². The number of nitrogens with zero attached hydrogens (tertiary/aromatic N) is 2. The second-order valence-electron chi connectivity index (χ2n) is 4.87. The number of thiazole rings is 1. The van der Waals surface area contributed by atoms with Gasteiger partial charge in [0.1, 0.15) is 16.8 Å². The molecule has 2 aromatic heterocycles. The van der Waals surface area contributed by atoms with Crippen LogP contribution in [0.1, 0.15) is 0 Å². The molecule has 0 radical (unpaired) electrons. The number of nitrogen functional groups attached to an aromatic ring is 2. The SMILES string of the molecule is COc1ccccc1-c1cc2sc(N)nc2c2nc(N)[nH]c12. The Morgan fingerprint density at radius 1 is 1.09 bits per heavy atom. The summed E-state index contributed by atoms with van der Waals surface area (Å²) in [5, 5.41) is 0.509. The van der Waals surface area contributed by atoms with E-state index in [0.29, 0.717) is 11.1 Å². The van der Waals surface area contributed by atoms with Gasteiger partial charge in [-0.1, -0.05) is 29.5 Å². The van der Waals surface area contributed by atoms with Crippen molar-refractivity contribution in [1.82, 2.24) is 15.0 Å². The number of rotatable bonds is 2. The molecular weight excluding hydrogens is 298 g/mol. The number of para-hydroxylation sites is 1. The number of fused-ring (bicyclic) bond motifs is 3. The summed E-state index contributed by atoms with van der Waals surface area (Å²) in [6.45, 7) is 0. The molecule has 2 heterocycles. The van der Waals surface area contributed by atoms with Crippen LogP contribution in [0.15, 0.2) is 30.3 Å². The van der Waals surface area contributed by atoms with Crippen LogP contribution in [0, 0.1) is 0 Å². The molecule has 0 saturated heterocycles. The lowest BCUT2D eigenvalue weighted by Gasteiger charge is -2.09. The summed E-state index contributed by atoms with van der Waals surface area (Å²) in [5.74, 6) is 1.14. The van der Waals surface area contributed by atoms with E-state index in [2.05, 4.69) is 15.0 Å². The zero-order chi connectivity index (χ0) is 15.3. The van der Waals surface area contributed by atoms with Gasteiger partial charge in [0.25, 0.3) is 0 Å². The zero-order valence-electron chi connectivity index (χ0n) is 11.8. The molecule has 2 aromatic carbocycles. The average molecular weight is 311 g/mol. The number of hydrogen-bond acceptors (Lipinski definition) is 6. The van der Waals surface area contributed by atoms with E-state index in [4.69, 9.17) is 16.2 Å². The van der Waals surface area contributed by atoms with E-state index in [-0.39, 0.29) is 0 Å². The molecule has 5 N–H and O–H groups in total. The van der Waals surface area contributed by atoms with Crippen LogP contribution in [0.5, 0.6) is 5.75 Å². The van der Waals surface area contributed by atoms with Crippen molar-refractivity contribution in [2.24, 2.45) is 0 Å². The molecular formula is C15H13N5OS. The summed E-state index contributed by atoms with van der Waals surface area (Å²) >= 11 is 1.43. The molecule has 0 spiro atoms. The van der Waals surface area contributed by atoms with E-state index < -0.39 is 0 Å². The molecule has 0 atom stereocenters. The van der Waals surface area contributed by atoms with Crippen LogP contribution in [0.2, 0.25) is 0 Å². The van der Waals surface area contributed by atoms with Gasteiger partial charge in [0.05, 0.1) is 17.3 Å². The van der Waals surface area contributed by atoms with Crippen LogP contribution < -0.4 is 16.2 Å². The highest BCUT2D eigenvalue weighted by Gasteiger charge is 2.17. The number of nitrogens with two attached hydrogens (primary N) is 2. The summed E-state index contributed by atoms with van der Waals surface area (Å²) in [7, 11) is 1.65. The molecule has 110 valence electrons. The summed E-state index contributed by atoms with van der Waals surface area (Å²) in [5.41, 5.74) is 16.0. The van der Waals surface area contributed by atoms with Crippen molar-refractivity contribution in [2.75, 3.05) is 18.6 Å². The summed E-state index contributed by atoms with van der Waals surface area (Å²) in [4.78, 5) is 11.8. The molecule has 0 amide bonds. The summed E-state index contributed by atoms with van der Waals surface area (Å²) in [6, 6.07) is 9.87. The van der Waals surface area contributed by atoms with Crippen LogP contribution in [0.25, 0.3) is 32.4 Å². The molecule has 4 rings (SSSR count). The normalized spacial score (nSPS) is 11.3. The second-order valence-corrected chi connectivity index (χ2v) is 5.93. The van der Waals surface area contributed by atoms with Crippen molar-refractivity contribution >= 4 is 43.7 Å². The van der Waals surface area contributed by atoms with Gasteiger partial charge in [-0.3, -0.25) is 0 Å². The molecule has 0 fully saturated rings. The lowest BCUT2D eigenvalue weighted by atomic mass is 10.0. The highest BCUT2D eigenvalue weighted by molar-refractivity contribution is 7.22. The second kappa shape index (κ2) is 4.60. The molecule has 0 bridgehead atoms. The number of ether oxygens (including phenoxy) is 1. The van der Waals surface area contributed by atoms with E-state index >= 15 is 0 Å². The fraction of sp³-hybridized carbons (Fsp3) is 0.0667. The average Bonchev–Trinajstić information content (AvgIpc) is 3.07. The molecule has 4 aromatic rings. The van der Waals surface area contributed by atoms with E-state index in [1.54, 1.807) is 7.11 Å². The third kappa shape index (κ3) is 1.79. The number of aromatic nitrogens is 3. The van der Waals surface area contributed by atoms with Gasteiger partial charge >= 0.3 is 0 Å². The topological polar surface area (TPSA) is 103 Å². The highest BCUT2D eigenvalue weighted by Crippen LogP contribution is 2.39. The maximum atomic E-state index is 5.85. The Morgan fingerprint density at radius 2 is 1.91 bits per heavy atom. The van der Waals surface area contributed by atoms with E-state index in [1.807, 2.05) is 30.3 Å². The minimum Gasteiger partial charge on any atom is -0.496 e. The number of methoxy groups -OCH3 is 1. The third-order valence-corrected chi connectivity index (χ3v) is 4.39. The van der Waals surface area contributed by atoms with Gasteiger partial charge in [0, 0.05) is 11.1 Å². The van der Waals surface area contributed by atoms with Gasteiger partial charge in [-0.25, -0.2) is 9.97 Å². The van der Waals surface area contributed by atoms with Crippen LogP contribution in [-0.4, -0.2) is 22.1 Å². The molecule has 0 aliphatic heterocycles. The van der Waals surface area contributed by atoms with Crippen molar-refractivity contribution in [2.45, 2.75) is 0 Å². The van der Waals surface area contributed by atoms with E-state index in [0.717, 1.165) is 38.1 Å². The maximum absolute atomic E-state index is 5.85. The number of benzene rings is 2. The van der Waals surface area contributed by atoms with E-state index in [9.17, 15) is 0 Å². The molecule has 0 aliphatic rings. The van der Waals surface area contributed by atoms with Gasteiger partial charge in [0.2, 0.25) is 0 Å². The molecule has 22 heavy (non-hydrogen) atoms.